The van der Waals surface area contributed by atoms with Crippen molar-refractivity contribution in [3.8, 4) is 5.75 Å². The summed E-state index contributed by atoms with van der Waals surface area (Å²) in [5.41, 5.74) is 9.14. The van der Waals surface area contributed by atoms with Crippen LogP contribution in [-0.2, 0) is 17.6 Å². The number of hydrogen-bond acceptors (Lipinski definition) is 3. The normalized spacial score (nSPS) is 26.3. The SMILES string of the molecule is CCC1OCCC1C(N)CCc1ccc2c(c1)CCO2. The van der Waals surface area contributed by atoms with Crippen LogP contribution < -0.4 is 10.5 Å². The first-order valence-corrected chi connectivity index (χ1v) is 7.89. The van der Waals surface area contributed by atoms with Gasteiger partial charge in [-0.05, 0) is 42.9 Å². The maximum atomic E-state index is 6.40. The van der Waals surface area contributed by atoms with Gasteiger partial charge in [0.2, 0.25) is 0 Å². The van der Waals surface area contributed by atoms with E-state index >= 15 is 0 Å². The zero-order chi connectivity index (χ0) is 13.9. The van der Waals surface area contributed by atoms with Crippen LogP contribution in [0.15, 0.2) is 18.2 Å². The molecule has 2 aliphatic rings. The van der Waals surface area contributed by atoms with E-state index in [9.17, 15) is 0 Å². The number of nitrogens with two attached hydrogens (primary N) is 1. The molecule has 0 amide bonds. The van der Waals surface area contributed by atoms with E-state index < -0.39 is 0 Å². The minimum absolute atomic E-state index is 0.256. The van der Waals surface area contributed by atoms with Gasteiger partial charge in [0, 0.05) is 25.0 Å². The Kier molecular flexibility index (Phi) is 4.27. The van der Waals surface area contributed by atoms with Crippen LogP contribution in [0.4, 0.5) is 0 Å². The van der Waals surface area contributed by atoms with Gasteiger partial charge in [-0.25, -0.2) is 0 Å². The summed E-state index contributed by atoms with van der Waals surface area (Å²) in [6.45, 7) is 3.90. The topological polar surface area (TPSA) is 44.5 Å². The van der Waals surface area contributed by atoms with Gasteiger partial charge in [0.1, 0.15) is 5.75 Å². The lowest BCUT2D eigenvalue weighted by Gasteiger charge is -2.23. The van der Waals surface area contributed by atoms with Crippen LogP contribution in [0.5, 0.6) is 5.75 Å². The van der Waals surface area contributed by atoms with E-state index in [1.165, 1.54) is 11.1 Å². The predicted molar refractivity (Wildman–Crippen MR) is 80.1 cm³/mol. The summed E-state index contributed by atoms with van der Waals surface area (Å²) < 4.78 is 11.3. The first kappa shape index (κ1) is 13.9. The monoisotopic (exact) mass is 275 g/mol. The third-order valence-electron chi connectivity index (χ3n) is 4.73. The quantitative estimate of drug-likeness (QED) is 0.898. The van der Waals surface area contributed by atoms with Crippen molar-refractivity contribution in [3.05, 3.63) is 29.3 Å². The number of hydrogen-bond donors (Lipinski definition) is 1. The van der Waals surface area contributed by atoms with Crippen molar-refractivity contribution in [3.63, 3.8) is 0 Å². The number of rotatable bonds is 5. The fourth-order valence-corrected chi connectivity index (χ4v) is 3.52. The van der Waals surface area contributed by atoms with E-state index in [4.69, 9.17) is 15.2 Å². The molecule has 3 rings (SSSR count). The van der Waals surface area contributed by atoms with E-state index in [0.717, 1.165) is 51.1 Å². The summed E-state index contributed by atoms with van der Waals surface area (Å²) in [5, 5.41) is 0. The molecule has 1 fully saturated rings. The van der Waals surface area contributed by atoms with Gasteiger partial charge in [-0.1, -0.05) is 19.1 Å². The Morgan fingerprint density at radius 2 is 2.25 bits per heavy atom. The summed E-state index contributed by atoms with van der Waals surface area (Å²) in [5.74, 6) is 1.60. The van der Waals surface area contributed by atoms with Gasteiger partial charge >= 0.3 is 0 Å². The maximum Gasteiger partial charge on any atom is 0.122 e. The number of aryl methyl sites for hydroxylation is 1. The Morgan fingerprint density at radius 1 is 1.35 bits per heavy atom. The molecule has 3 heteroatoms. The Hall–Kier alpha value is -1.06. The smallest absolute Gasteiger partial charge is 0.122 e. The second-order valence-corrected chi connectivity index (χ2v) is 6.01. The highest BCUT2D eigenvalue weighted by atomic mass is 16.5. The molecule has 1 saturated heterocycles. The van der Waals surface area contributed by atoms with Crippen molar-refractivity contribution >= 4 is 0 Å². The molecular weight excluding hydrogens is 250 g/mol. The Balaban J connectivity index is 1.56. The van der Waals surface area contributed by atoms with Crippen LogP contribution in [0.1, 0.15) is 37.3 Å². The molecule has 0 spiro atoms. The molecule has 1 aromatic rings. The van der Waals surface area contributed by atoms with Crippen LogP contribution in [-0.4, -0.2) is 25.4 Å². The van der Waals surface area contributed by atoms with Crippen LogP contribution >= 0.6 is 0 Å². The van der Waals surface area contributed by atoms with E-state index in [1.807, 2.05) is 0 Å². The van der Waals surface area contributed by atoms with Crippen molar-refractivity contribution in [2.45, 2.75) is 51.2 Å². The summed E-state index contributed by atoms with van der Waals surface area (Å²) in [7, 11) is 0. The van der Waals surface area contributed by atoms with Crippen molar-refractivity contribution in [1.29, 1.82) is 0 Å². The van der Waals surface area contributed by atoms with Gasteiger partial charge < -0.3 is 15.2 Å². The second-order valence-electron chi connectivity index (χ2n) is 6.01. The van der Waals surface area contributed by atoms with Gasteiger partial charge in [0.25, 0.3) is 0 Å². The maximum absolute atomic E-state index is 6.40. The molecule has 3 atom stereocenters. The molecule has 2 aliphatic heterocycles. The van der Waals surface area contributed by atoms with Crippen LogP contribution in [0.3, 0.4) is 0 Å². The molecule has 20 heavy (non-hydrogen) atoms. The van der Waals surface area contributed by atoms with Gasteiger partial charge in [0.15, 0.2) is 0 Å². The van der Waals surface area contributed by atoms with Crippen molar-refractivity contribution in [2.24, 2.45) is 11.7 Å². The number of ether oxygens (including phenoxy) is 2. The molecule has 3 nitrogen and oxygen atoms in total. The highest BCUT2D eigenvalue weighted by Gasteiger charge is 2.31. The molecule has 1 aromatic carbocycles. The molecule has 0 aliphatic carbocycles. The molecule has 110 valence electrons. The molecule has 2 N–H and O–H groups in total. The van der Waals surface area contributed by atoms with E-state index in [2.05, 4.69) is 25.1 Å². The zero-order valence-electron chi connectivity index (χ0n) is 12.3. The minimum Gasteiger partial charge on any atom is -0.493 e. The third-order valence-corrected chi connectivity index (χ3v) is 4.73. The molecular formula is C17H25NO2. The van der Waals surface area contributed by atoms with Gasteiger partial charge in [-0.3, -0.25) is 0 Å². The molecule has 0 radical (unpaired) electrons. The number of benzene rings is 1. The van der Waals surface area contributed by atoms with Crippen molar-refractivity contribution in [1.82, 2.24) is 0 Å². The summed E-state index contributed by atoms with van der Waals surface area (Å²) in [6, 6.07) is 6.83. The fourth-order valence-electron chi connectivity index (χ4n) is 3.52. The number of fused-ring (bicyclic) bond motifs is 1. The summed E-state index contributed by atoms with van der Waals surface area (Å²) in [4.78, 5) is 0. The summed E-state index contributed by atoms with van der Waals surface area (Å²) >= 11 is 0. The first-order chi connectivity index (χ1) is 9.78. The van der Waals surface area contributed by atoms with Crippen molar-refractivity contribution < 1.29 is 9.47 Å². The van der Waals surface area contributed by atoms with E-state index in [0.29, 0.717) is 12.0 Å². The Morgan fingerprint density at radius 3 is 3.10 bits per heavy atom. The van der Waals surface area contributed by atoms with Gasteiger partial charge in [0.05, 0.1) is 12.7 Å². The Labute approximate surface area is 121 Å². The molecule has 3 unspecified atom stereocenters. The highest BCUT2D eigenvalue weighted by molar-refractivity contribution is 5.39. The van der Waals surface area contributed by atoms with Crippen molar-refractivity contribution in [2.75, 3.05) is 13.2 Å². The highest BCUT2D eigenvalue weighted by Crippen LogP contribution is 2.29. The molecule has 0 aromatic heterocycles. The van der Waals surface area contributed by atoms with E-state index in [-0.39, 0.29) is 6.04 Å². The Bertz CT molecular complexity index is 460. The fraction of sp³-hybridized carbons (Fsp3) is 0.647. The lowest BCUT2D eigenvalue weighted by atomic mass is 9.88. The van der Waals surface area contributed by atoms with E-state index in [1.54, 1.807) is 0 Å². The van der Waals surface area contributed by atoms with Crippen LogP contribution in [0.25, 0.3) is 0 Å². The third kappa shape index (κ3) is 2.84. The zero-order valence-corrected chi connectivity index (χ0v) is 12.3. The largest absolute Gasteiger partial charge is 0.493 e. The predicted octanol–water partition coefficient (Wildman–Crippen LogP) is 2.70. The second kappa shape index (κ2) is 6.15. The molecule has 2 heterocycles. The molecule has 0 saturated carbocycles. The first-order valence-electron chi connectivity index (χ1n) is 7.89. The lowest BCUT2D eigenvalue weighted by Crippen LogP contribution is -2.35. The minimum atomic E-state index is 0.256. The van der Waals surface area contributed by atoms with Gasteiger partial charge in [-0.15, -0.1) is 0 Å². The molecule has 0 bridgehead atoms. The standard InChI is InChI=1S/C17H25NO2/c1-2-16-14(8-10-19-16)15(18)5-3-12-4-6-17-13(11-12)7-9-20-17/h4,6,11,14-16H,2-3,5,7-10,18H2,1H3. The van der Waals surface area contributed by atoms with Gasteiger partial charge in [-0.2, -0.15) is 0 Å². The van der Waals surface area contributed by atoms with Crippen LogP contribution in [0, 0.1) is 5.92 Å². The average Bonchev–Trinajstić information content (AvgIpc) is 3.12. The summed E-state index contributed by atoms with van der Waals surface area (Å²) in [6.07, 6.45) is 5.72. The lowest BCUT2D eigenvalue weighted by molar-refractivity contribution is 0.0806. The van der Waals surface area contributed by atoms with Crippen LogP contribution in [0.2, 0.25) is 0 Å². The average molecular weight is 275 g/mol.